The van der Waals surface area contributed by atoms with Crippen LogP contribution in [0.5, 0.6) is 0 Å². The van der Waals surface area contributed by atoms with Gasteiger partial charge in [-0.15, -0.1) is 0 Å². The monoisotopic (exact) mass is 392 g/mol. The smallest absolute Gasteiger partial charge is 0.346 e. The Morgan fingerprint density at radius 3 is 1.60 bits per heavy atom. The van der Waals surface area contributed by atoms with Crippen LogP contribution in [0.4, 0.5) is 0 Å². The molecule has 2 aromatic heterocycles. The van der Waals surface area contributed by atoms with Gasteiger partial charge >= 0.3 is 22.5 Å². The molecule has 0 atom stereocenters. The van der Waals surface area contributed by atoms with Gasteiger partial charge in [0.25, 0.3) is 0 Å². The second-order valence-electron chi connectivity index (χ2n) is 7.50. The Kier molecular flexibility index (Phi) is 2.50. The molecule has 7 rings (SSSR count). The highest BCUT2D eigenvalue weighted by Gasteiger charge is 2.22. The standard InChI is InChI=1S/C24H8O6/c25-21-12-5-6-13-17-9(2-1-3-10(12)17)11-4-7-14-19-16(24(28)30-22(14)26)8-15(23(27)29-21)18(13)20(11)19/h1-8H. The van der Waals surface area contributed by atoms with Crippen molar-refractivity contribution in [2.45, 2.75) is 0 Å². The normalized spacial score (nSPS) is 12.5. The molecular formula is C24H8O6. The first-order valence-corrected chi connectivity index (χ1v) is 9.28. The summed E-state index contributed by atoms with van der Waals surface area (Å²) in [7, 11) is 0. The highest BCUT2D eigenvalue weighted by molar-refractivity contribution is 6.40. The van der Waals surface area contributed by atoms with Gasteiger partial charge in [0.15, 0.2) is 0 Å². The van der Waals surface area contributed by atoms with E-state index in [4.69, 9.17) is 8.83 Å². The van der Waals surface area contributed by atoms with E-state index in [-0.39, 0.29) is 16.2 Å². The van der Waals surface area contributed by atoms with Gasteiger partial charge in [0.1, 0.15) is 0 Å². The Bertz CT molecular complexity index is 2080. The SMILES string of the molecule is O=c1oc(=O)c2cc3c(=O)oc(=O)c4ccc5c6cccc7c1ccc(c76)c2c5c43. The van der Waals surface area contributed by atoms with Crippen LogP contribution in [0.3, 0.4) is 0 Å². The molecule has 0 saturated carbocycles. The predicted molar refractivity (Wildman–Crippen MR) is 115 cm³/mol. The molecule has 6 heteroatoms. The van der Waals surface area contributed by atoms with Crippen molar-refractivity contribution in [2.24, 2.45) is 0 Å². The maximum Gasteiger partial charge on any atom is 0.346 e. The van der Waals surface area contributed by atoms with E-state index in [9.17, 15) is 19.2 Å². The second-order valence-corrected chi connectivity index (χ2v) is 7.50. The summed E-state index contributed by atoms with van der Waals surface area (Å²) in [6, 6.07) is 13.8. The summed E-state index contributed by atoms with van der Waals surface area (Å²) < 4.78 is 10.0. The molecule has 0 aliphatic carbocycles. The van der Waals surface area contributed by atoms with E-state index in [0.29, 0.717) is 26.9 Å². The Labute approximate surface area is 164 Å². The van der Waals surface area contributed by atoms with Gasteiger partial charge in [-0.05, 0) is 50.5 Å². The van der Waals surface area contributed by atoms with E-state index < -0.39 is 22.5 Å². The molecular weight excluding hydrogens is 384 g/mol. The molecule has 4 bridgehead atoms. The Balaban J connectivity index is 2.12. The van der Waals surface area contributed by atoms with Gasteiger partial charge in [0, 0.05) is 10.8 Å². The molecule has 0 saturated heterocycles. The van der Waals surface area contributed by atoms with Crippen molar-refractivity contribution >= 4 is 64.6 Å². The third kappa shape index (κ3) is 1.58. The molecule has 6 nitrogen and oxygen atoms in total. The fourth-order valence-corrected chi connectivity index (χ4v) is 4.97. The minimum absolute atomic E-state index is 0.0961. The Morgan fingerprint density at radius 2 is 0.867 bits per heavy atom. The van der Waals surface area contributed by atoms with Crippen LogP contribution in [0.25, 0.3) is 64.6 Å². The van der Waals surface area contributed by atoms with Gasteiger partial charge in [-0.2, -0.15) is 0 Å². The van der Waals surface area contributed by atoms with Crippen molar-refractivity contribution < 1.29 is 8.83 Å². The van der Waals surface area contributed by atoms with Gasteiger partial charge in [-0.25, -0.2) is 19.2 Å². The lowest BCUT2D eigenvalue weighted by Gasteiger charge is -2.15. The van der Waals surface area contributed by atoms with Gasteiger partial charge in [0.05, 0.1) is 21.5 Å². The number of hydrogen-bond acceptors (Lipinski definition) is 6. The zero-order valence-electron chi connectivity index (χ0n) is 15.1. The number of fused-ring (bicyclic) bond motifs is 1. The van der Waals surface area contributed by atoms with Gasteiger partial charge in [-0.3, -0.25) is 0 Å². The molecule has 0 radical (unpaired) electrons. The molecule has 140 valence electrons. The van der Waals surface area contributed by atoms with Crippen molar-refractivity contribution in [3.05, 3.63) is 90.2 Å². The number of hydrogen-bond donors (Lipinski definition) is 0. The number of rotatable bonds is 0. The summed E-state index contributed by atoms with van der Waals surface area (Å²) in [6.45, 7) is 0. The van der Waals surface area contributed by atoms with Crippen molar-refractivity contribution in [2.75, 3.05) is 0 Å². The largest absolute Gasteiger partial charge is 0.386 e. The predicted octanol–water partition coefficient (Wildman–Crippen LogP) is 3.55. The molecule has 0 unspecified atom stereocenters. The molecule has 5 aromatic carbocycles. The van der Waals surface area contributed by atoms with Crippen molar-refractivity contribution in [3.8, 4) is 0 Å². The summed E-state index contributed by atoms with van der Waals surface area (Å²) >= 11 is 0. The van der Waals surface area contributed by atoms with Crippen LogP contribution in [0.15, 0.2) is 76.5 Å². The van der Waals surface area contributed by atoms with E-state index in [2.05, 4.69) is 0 Å². The van der Waals surface area contributed by atoms with E-state index in [1.54, 1.807) is 24.3 Å². The molecule has 7 aromatic rings. The molecule has 0 N–H and O–H groups in total. The molecule has 0 aliphatic heterocycles. The van der Waals surface area contributed by atoms with E-state index >= 15 is 0 Å². The lowest BCUT2D eigenvalue weighted by Crippen LogP contribution is -2.13. The van der Waals surface area contributed by atoms with Crippen molar-refractivity contribution in [1.29, 1.82) is 0 Å². The summed E-state index contributed by atoms with van der Waals surface area (Å²) in [6.07, 6.45) is 0. The first-order chi connectivity index (χ1) is 14.5. The van der Waals surface area contributed by atoms with Crippen molar-refractivity contribution in [1.82, 2.24) is 0 Å². The fraction of sp³-hybridized carbons (Fsp3) is 0. The van der Waals surface area contributed by atoms with Crippen LogP contribution in [0, 0.1) is 0 Å². The molecule has 0 aliphatic rings. The first kappa shape index (κ1) is 15.6. The highest BCUT2D eigenvalue weighted by Crippen LogP contribution is 2.43. The zero-order valence-corrected chi connectivity index (χ0v) is 15.1. The van der Waals surface area contributed by atoms with Gasteiger partial charge < -0.3 is 8.83 Å². The lowest BCUT2D eigenvalue weighted by atomic mass is 9.86. The van der Waals surface area contributed by atoms with E-state index in [1.807, 2.05) is 18.2 Å². The first-order valence-electron chi connectivity index (χ1n) is 9.28. The molecule has 0 amide bonds. The maximum absolute atomic E-state index is 13.0. The second kappa shape index (κ2) is 4.80. The van der Waals surface area contributed by atoms with Crippen LogP contribution in [0.2, 0.25) is 0 Å². The molecule has 2 heterocycles. The summed E-state index contributed by atoms with van der Waals surface area (Å²) in [5.74, 6) is 0. The lowest BCUT2D eigenvalue weighted by molar-refractivity contribution is 0.488. The van der Waals surface area contributed by atoms with Crippen LogP contribution >= 0.6 is 0 Å². The fourth-order valence-electron chi connectivity index (χ4n) is 4.97. The Hall–Kier alpha value is -4.32. The van der Waals surface area contributed by atoms with E-state index in [1.165, 1.54) is 6.07 Å². The van der Waals surface area contributed by atoms with Crippen LogP contribution in [-0.4, -0.2) is 0 Å². The molecule has 0 fully saturated rings. The average molecular weight is 392 g/mol. The number of benzene rings is 5. The quantitative estimate of drug-likeness (QED) is 0.289. The minimum Gasteiger partial charge on any atom is -0.386 e. The average Bonchev–Trinajstić information content (AvgIpc) is 2.81. The maximum atomic E-state index is 13.0. The van der Waals surface area contributed by atoms with Crippen molar-refractivity contribution in [3.63, 3.8) is 0 Å². The van der Waals surface area contributed by atoms with Gasteiger partial charge in [-0.1, -0.05) is 30.3 Å². The summed E-state index contributed by atoms with van der Waals surface area (Å²) in [5, 5.41) is 6.32. The molecule has 30 heavy (non-hydrogen) atoms. The third-order valence-corrected chi connectivity index (χ3v) is 6.13. The van der Waals surface area contributed by atoms with Crippen LogP contribution in [-0.2, 0) is 0 Å². The summed E-state index contributed by atoms with van der Waals surface area (Å²) in [4.78, 5) is 50.6. The Morgan fingerprint density at radius 1 is 0.400 bits per heavy atom. The summed E-state index contributed by atoms with van der Waals surface area (Å²) in [5.41, 5.74) is -3.15. The van der Waals surface area contributed by atoms with Crippen LogP contribution < -0.4 is 22.5 Å². The minimum atomic E-state index is -0.843. The zero-order chi connectivity index (χ0) is 20.3. The van der Waals surface area contributed by atoms with Crippen LogP contribution in [0.1, 0.15) is 0 Å². The topological polar surface area (TPSA) is 94.6 Å². The van der Waals surface area contributed by atoms with Gasteiger partial charge in [0.2, 0.25) is 0 Å². The highest BCUT2D eigenvalue weighted by atomic mass is 16.4. The third-order valence-electron chi connectivity index (χ3n) is 6.13. The van der Waals surface area contributed by atoms with E-state index in [0.717, 1.165) is 21.5 Å². The molecule has 0 spiro atoms.